The topological polar surface area (TPSA) is 54.9 Å². The monoisotopic (exact) mass is 347 g/mol. The van der Waals surface area contributed by atoms with Gasteiger partial charge in [0.1, 0.15) is 0 Å². The minimum Gasteiger partial charge on any atom is -0.490 e. The molecule has 0 amide bonds. The zero-order valence-electron chi connectivity index (χ0n) is 14.1. The molecule has 6 heteroatoms. The van der Waals surface area contributed by atoms with Crippen molar-refractivity contribution in [2.45, 2.75) is 51.5 Å². The first-order valence-electron chi connectivity index (χ1n) is 8.73. The summed E-state index contributed by atoms with van der Waals surface area (Å²) in [5, 5.41) is 8.34. The third-order valence-corrected chi connectivity index (χ3v) is 4.64. The lowest BCUT2D eigenvalue weighted by Gasteiger charge is -2.23. The molecule has 1 aliphatic carbocycles. The molecule has 0 spiro atoms. The van der Waals surface area contributed by atoms with E-state index in [0.717, 1.165) is 29.2 Å². The van der Waals surface area contributed by atoms with Gasteiger partial charge in [-0.1, -0.05) is 19.3 Å². The van der Waals surface area contributed by atoms with E-state index in [2.05, 4.69) is 15.8 Å². The third kappa shape index (κ3) is 4.60. The molecule has 1 heterocycles. The predicted octanol–water partition coefficient (Wildman–Crippen LogP) is 3.37. The average Bonchev–Trinajstić information content (AvgIpc) is 2.85. The van der Waals surface area contributed by atoms with Gasteiger partial charge in [-0.3, -0.25) is 5.43 Å². The normalized spacial score (nSPS) is 18.6. The number of nitrogens with zero attached hydrogens (tertiary/aromatic N) is 1. The van der Waals surface area contributed by atoms with Gasteiger partial charge in [0, 0.05) is 18.0 Å². The Hall–Kier alpha value is -1.82. The van der Waals surface area contributed by atoms with Crippen molar-refractivity contribution in [3.05, 3.63) is 23.8 Å². The predicted molar refractivity (Wildman–Crippen MR) is 100 cm³/mol. The van der Waals surface area contributed by atoms with E-state index in [-0.39, 0.29) is 0 Å². The highest BCUT2D eigenvalue weighted by atomic mass is 32.1. The number of nitrogens with one attached hydrogen (secondary N) is 2. The van der Waals surface area contributed by atoms with Gasteiger partial charge in [-0.15, -0.1) is 0 Å². The third-order valence-electron chi connectivity index (χ3n) is 4.43. The minimum atomic E-state index is 0.479. The molecule has 1 fully saturated rings. The maximum atomic E-state index is 5.73. The molecule has 24 heavy (non-hydrogen) atoms. The van der Waals surface area contributed by atoms with Crippen LogP contribution in [0.2, 0.25) is 0 Å². The van der Waals surface area contributed by atoms with E-state index in [1.54, 1.807) is 0 Å². The van der Waals surface area contributed by atoms with Crippen molar-refractivity contribution in [2.75, 3.05) is 13.2 Å². The Morgan fingerprint density at radius 1 is 1.08 bits per heavy atom. The highest BCUT2D eigenvalue weighted by Gasteiger charge is 2.14. The Labute approximate surface area is 148 Å². The Bertz CT molecular complexity index is 612. The maximum absolute atomic E-state index is 5.73. The van der Waals surface area contributed by atoms with E-state index in [4.69, 9.17) is 21.7 Å². The summed E-state index contributed by atoms with van der Waals surface area (Å²) >= 11 is 5.34. The van der Waals surface area contributed by atoms with Crippen LogP contribution in [0.5, 0.6) is 11.5 Å². The molecule has 3 rings (SSSR count). The van der Waals surface area contributed by atoms with Gasteiger partial charge in [-0.05, 0) is 50.2 Å². The van der Waals surface area contributed by atoms with Gasteiger partial charge in [0.25, 0.3) is 0 Å². The fourth-order valence-electron chi connectivity index (χ4n) is 3.05. The van der Waals surface area contributed by atoms with E-state index in [9.17, 15) is 0 Å². The SMILES string of the molecule is CC(=NNC(=S)NC1CCCCC1)c1ccc2c(c1)OCCCO2. The van der Waals surface area contributed by atoms with Crippen LogP contribution in [-0.4, -0.2) is 30.1 Å². The van der Waals surface area contributed by atoms with Crippen LogP contribution in [0.15, 0.2) is 23.3 Å². The first kappa shape index (κ1) is 17.0. The molecule has 1 aromatic rings. The summed E-state index contributed by atoms with van der Waals surface area (Å²) in [7, 11) is 0. The maximum Gasteiger partial charge on any atom is 0.187 e. The molecule has 1 saturated carbocycles. The number of benzene rings is 1. The smallest absolute Gasteiger partial charge is 0.187 e. The number of thiocarbonyl (C=S) groups is 1. The number of rotatable bonds is 3. The van der Waals surface area contributed by atoms with Gasteiger partial charge in [-0.2, -0.15) is 5.10 Å². The molecule has 2 aliphatic rings. The summed E-state index contributed by atoms with van der Waals surface area (Å²) in [6, 6.07) is 6.38. The van der Waals surface area contributed by atoms with Gasteiger partial charge in [0.15, 0.2) is 16.6 Å². The quantitative estimate of drug-likeness (QED) is 0.499. The summed E-state index contributed by atoms with van der Waals surface area (Å²) in [5.41, 5.74) is 4.81. The lowest BCUT2D eigenvalue weighted by molar-refractivity contribution is 0.297. The van der Waals surface area contributed by atoms with Gasteiger partial charge in [0.05, 0.1) is 18.9 Å². The molecule has 5 nitrogen and oxygen atoms in total. The van der Waals surface area contributed by atoms with Crippen molar-refractivity contribution >= 4 is 23.0 Å². The Balaban J connectivity index is 1.58. The fourth-order valence-corrected chi connectivity index (χ4v) is 3.26. The molecule has 0 saturated heterocycles. The molecule has 1 aromatic carbocycles. The van der Waals surface area contributed by atoms with Crippen molar-refractivity contribution in [3.63, 3.8) is 0 Å². The first-order chi connectivity index (χ1) is 11.7. The zero-order chi connectivity index (χ0) is 16.8. The van der Waals surface area contributed by atoms with Crippen LogP contribution >= 0.6 is 12.2 Å². The minimum absolute atomic E-state index is 0.479. The van der Waals surface area contributed by atoms with Crippen LogP contribution in [0.25, 0.3) is 0 Å². The number of hydrazone groups is 1. The molecular formula is C18H25N3O2S. The summed E-state index contributed by atoms with van der Waals surface area (Å²) in [6.07, 6.45) is 7.17. The van der Waals surface area contributed by atoms with Crippen molar-refractivity contribution in [1.82, 2.24) is 10.7 Å². The summed E-state index contributed by atoms with van der Waals surface area (Å²) < 4.78 is 11.4. The molecular weight excluding hydrogens is 322 g/mol. The first-order valence-corrected chi connectivity index (χ1v) is 9.14. The van der Waals surface area contributed by atoms with Gasteiger partial charge >= 0.3 is 0 Å². The Morgan fingerprint density at radius 2 is 1.83 bits per heavy atom. The molecule has 0 atom stereocenters. The molecule has 2 N–H and O–H groups in total. The van der Waals surface area contributed by atoms with E-state index >= 15 is 0 Å². The van der Waals surface area contributed by atoms with E-state index < -0.39 is 0 Å². The number of ether oxygens (including phenoxy) is 2. The molecule has 0 bridgehead atoms. The molecule has 0 radical (unpaired) electrons. The summed E-state index contributed by atoms with van der Waals surface area (Å²) in [5.74, 6) is 1.58. The lowest BCUT2D eigenvalue weighted by atomic mass is 9.96. The van der Waals surface area contributed by atoms with Gasteiger partial charge < -0.3 is 14.8 Å². The Kier molecular flexibility index (Phi) is 5.91. The second-order valence-electron chi connectivity index (χ2n) is 6.33. The van der Waals surface area contributed by atoms with Crippen molar-refractivity contribution in [3.8, 4) is 11.5 Å². The van der Waals surface area contributed by atoms with Gasteiger partial charge in [0.2, 0.25) is 0 Å². The number of fused-ring (bicyclic) bond motifs is 1. The number of hydrogen-bond acceptors (Lipinski definition) is 4. The fraction of sp³-hybridized carbons (Fsp3) is 0.556. The van der Waals surface area contributed by atoms with Crippen LogP contribution in [0.1, 0.15) is 51.0 Å². The molecule has 1 aliphatic heterocycles. The van der Waals surface area contributed by atoms with E-state index in [1.807, 2.05) is 25.1 Å². The highest BCUT2D eigenvalue weighted by Crippen LogP contribution is 2.30. The van der Waals surface area contributed by atoms with E-state index in [0.29, 0.717) is 24.4 Å². The highest BCUT2D eigenvalue weighted by molar-refractivity contribution is 7.80. The van der Waals surface area contributed by atoms with Crippen molar-refractivity contribution < 1.29 is 9.47 Å². The summed E-state index contributed by atoms with van der Waals surface area (Å²) in [4.78, 5) is 0. The largest absolute Gasteiger partial charge is 0.490 e. The second kappa shape index (κ2) is 8.33. The van der Waals surface area contributed by atoms with Crippen LogP contribution in [-0.2, 0) is 0 Å². The van der Waals surface area contributed by atoms with Crippen molar-refractivity contribution in [1.29, 1.82) is 0 Å². The second-order valence-corrected chi connectivity index (χ2v) is 6.74. The lowest BCUT2D eigenvalue weighted by Crippen LogP contribution is -2.41. The molecule has 0 aromatic heterocycles. The van der Waals surface area contributed by atoms with E-state index in [1.165, 1.54) is 32.1 Å². The number of hydrogen-bond donors (Lipinski definition) is 2. The molecule has 0 unspecified atom stereocenters. The van der Waals surface area contributed by atoms with Crippen molar-refractivity contribution in [2.24, 2.45) is 5.10 Å². The zero-order valence-corrected chi connectivity index (χ0v) is 15.0. The molecule has 130 valence electrons. The Morgan fingerprint density at radius 3 is 2.62 bits per heavy atom. The van der Waals surface area contributed by atoms with Crippen LogP contribution < -0.4 is 20.2 Å². The van der Waals surface area contributed by atoms with Crippen LogP contribution in [0.4, 0.5) is 0 Å². The summed E-state index contributed by atoms with van der Waals surface area (Å²) in [6.45, 7) is 3.33. The standard InChI is InChI=1S/C18H25N3O2S/c1-13(20-21-18(24)19-15-6-3-2-4-7-15)14-8-9-16-17(12-14)23-11-5-10-22-16/h8-9,12,15H,2-7,10-11H2,1H3,(H2,19,21,24). The van der Waals surface area contributed by atoms with Crippen LogP contribution in [0, 0.1) is 0 Å². The van der Waals surface area contributed by atoms with Gasteiger partial charge in [-0.25, -0.2) is 0 Å². The van der Waals surface area contributed by atoms with Crippen LogP contribution in [0.3, 0.4) is 0 Å². The average molecular weight is 347 g/mol.